The summed E-state index contributed by atoms with van der Waals surface area (Å²) < 4.78 is 4.28. The fraction of sp³-hybridized carbons (Fsp3) is 0.400. The van der Waals surface area contributed by atoms with Crippen molar-refractivity contribution >= 4 is 22.6 Å². The zero-order valence-corrected chi connectivity index (χ0v) is 10.1. The van der Waals surface area contributed by atoms with E-state index in [1.54, 1.807) is 14.0 Å². The maximum Gasteiger partial charge on any atom is 0.141 e. The highest BCUT2D eigenvalue weighted by atomic mass is 127. The van der Waals surface area contributed by atoms with E-state index in [1.807, 2.05) is 47.7 Å². The Morgan fingerprint density at radius 2 is 2.08 bits per heavy atom. The van der Waals surface area contributed by atoms with Crippen molar-refractivity contribution in [3.05, 3.63) is 29.3 Å². The van der Waals surface area contributed by atoms with E-state index >= 15 is 0 Å². The van der Waals surface area contributed by atoms with E-state index in [0.717, 1.165) is 16.9 Å². The van der Waals surface area contributed by atoms with Crippen molar-refractivity contribution in [1.82, 2.24) is 0 Å². The van der Waals surface area contributed by atoms with E-state index in [0.29, 0.717) is 0 Å². The van der Waals surface area contributed by atoms with Crippen LogP contribution in [-0.4, -0.2) is 12.2 Å². The number of alkyl halides is 1. The van der Waals surface area contributed by atoms with Crippen molar-refractivity contribution < 1.29 is 9.84 Å². The Balaban J connectivity index is 3.24. The van der Waals surface area contributed by atoms with Gasteiger partial charge in [-0.25, -0.2) is 0 Å². The molecule has 0 amide bonds. The summed E-state index contributed by atoms with van der Waals surface area (Å²) in [6.45, 7) is 3.73. The molecule has 1 unspecified atom stereocenters. The van der Waals surface area contributed by atoms with Gasteiger partial charge in [0.1, 0.15) is 9.36 Å². The Labute approximate surface area is 92.1 Å². The molecule has 0 aliphatic rings. The molecular formula is C10H13IO2. The summed E-state index contributed by atoms with van der Waals surface area (Å²) >= 11 is 1.98. The molecule has 72 valence electrons. The monoisotopic (exact) mass is 292 g/mol. The average molecular weight is 292 g/mol. The second-order valence-electron chi connectivity index (χ2n) is 3.16. The molecule has 0 saturated carbocycles. The van der Waals surface area contributed by atoms with Crippen LogP contribution >= 0.6 is 22.6 Å². The third-order valence-electron chi connectivity index (χ3n) is 1.85. The molecule has 0 aliphatic heterocycles. The molecule has 1 aromatic rings. The summed E-state index contributed by atoms with van der Waals surface area (Å²) in [5.74, 6) is 0.727. The quantitative estimate of drug-likeness (QED) is 0.670. The number of methoxy groups -OCH3 is 1. The molecule has 0 aromatic heterocycles. The van der Waals surface area contributed by atoms with Gasteiger partial charge in [-0.2, -0.15) is 0 Å². The van der Waals surface area contributed by atoms with Crippen LogP contribution in [0, 0.1) is 6.92 Å². The van der Waals surface area contributed by atoms with Gasteiger partial charge in [0.15, 0.2) is 0 Å². The van der Waals surface area contributed by atoms with Crippen LogP contribution in [0.15, 0.2) is 18.2 Å². The fourth-order valence-electron chi connectivity index (χ4n) is 1.18. The predicted octanol–water partition coefficient (Wildman–Crippen LogP) is 2.60. The first-order chi connectivity index (χ1) is 5.95. The minimum Gasteiger partial charge on any atom is -0.496 e. The largest absolute Gasteiger partial charge is 0.496 e. The lowest BCUT2D eigenvalue weighted by molar-refractivity contribution is 0.174. The molecule has 13 heavy (non-hydrogen) atoms. The van der Waals surface area contributed by atoms with E-state index in [-0.39, 0.29) is 0 Å². The Morgan fingerprint density at radius 1 is 1.46 bits per heavy atom. The smallest absolute Gasteiger partial charge is 0.141 e. The van der Waals surface area contributed by atoms with Crippen molar-refractivity contribution in [3.63, 3.8) is 0 Å². The fourth-order valence-corrected chi connectivity index (χ4v) is 1.60. The molecule has 2 nitrogen and oxygen atoms in total. The molecule has 0 fully saturated rings. The first-order valence-electron chi connectivity index (χ1n) is 4.01. The van der Waals surface area contributed by atoms with E-state index in [1.165, 1.54) is 0 Å². The molecule has 0 aliphatic carbocycles. The van der Waals surface area contributed by atoms with Gasteiger partial charge in [0.05, 0.1) is 7.11 Å². The average Bonchev–Trinajstić information content (AvgIpc) is 2.03. The van der Waals surface area contributed by atoms with Crippen LogP contribution in [0.3, 0.4) is 0 Å². The number of aryl methyl sites for hydroxylation is 1. The zero-order chi connectivity index (χ0) is 10.1. The normalized spacial score (nSPS) is 15.2. The maximum absolute atomic E-state index is 9.83. The molecule has 0 spiro atoms. The first kappa shape index (κ1) is 10.8. The number of hydrogen-bond donors (Lipinski definition) is 1. The van der Waals surface area contributed by atoms with Crippen molar-refractivity contribution in [2.75, 3.05) is 7.11 Å². The first-order valence-corrected chi connectivity index (χ1v) is 5.09. The molecule has 0 radical (unpaired) electrons. The summed E-state index contributed by atoms with van der Waals surface area (Å²) in [4.78, 5) is 0. The highest BCUT2D eigenvalue weighted by Crippen LogP contribution is 2.35. The van der Waals surface area contributed by atoms with Crippen LogP contribution in [0.4, 0.5) is 0 Å². The third-order valence-corrected chi connectivity index (χ3v) is 2.43. The van der Waals surface area contributed by atoms with Gasteiger partial charge in [0.2, 0.25) is 0 Å². The van der Waals surface area contributed by atoms with Gasteiger partial charge in [0.25, 0.3) is 0 Å². The zero-order valence-electron chi connectivity index (χ0n) is 7.97. The summed E-state index contributed by atoms with van der Waals surface area (Å²) in [7, 11) is 1.61. The van der Waals surface area contributed by atoms with Crippen LogP contribution in [0.5, 0.6) is 5.75 Å². The third kappa shape index (κ3) is 2.57. The Kier molecular flexibility index (Phi) is 3.18. The lowest BCUT2D eigenvalue weighted by atomic mass is 10.1. The molecule has 0 bridgehead atoms. The van der Waals surface area contributed by atoms with Crippen molar-refractivity contribution in [3.8, 4) is 5.75 Å². The van der Waals surface area contributed by atoms with Crippen LogP contribution in [0.25, 0.3) is 0 Å². The van der Waals surface area contributed by atoms with E-state index in [2.05, 4.69) is 0 Å². The standard InChI is InChI=1S/C10H13IO2/c1-7-4-5-9(13-3)8(6-7)10(2,11)12/h4-6,12H,1-3H3. The number of halogens is 1. The molecule has 3 heteroatoms. The van der Waals surface area contributed by atoms with Gasteiger partial charge in [-0.15, -0.1) is 0 Å². The second-order valence-corrected chi connectivity index (χ2v) is 5.26. The molecule has 1 atom stereocenters. The Morgan fingerprint density at radius 3 is 2.54 bits per heavy atom. The van der Waals surface area contributed by atoms with Gasteiger partial charge < -0.3 is 9.84 Å². The number of aliphatic hydroxyl groups is 1. The van der Waals surface area contributed by atoms with Gasteiger partial charge in [-0.05, 0) is 48.6 Å². The topological polar surface area (TPSA) is 29.5 Å². The highest BCUT2D eigenvalue weighted by molar-refractivity contribution is 14.1. The molecule has 0 heterocycles. The summed E-state index contributed by atoms with van der Waals surface area (Å²) in [5.41, 5.74) is 1.93. The predicted molar refractivity (Wildman–Crippen MR) is 61.3 cm³/mol. The maximum atomic E-state index is 9.83. The number of hydrogen-bond acceptors (Lipinski definition) is 2. The summed E-state index contributed by atoms with van der Waals surface area (Å²) in [6.07, 6.45) is 0. The molecule has 1 aromatic carbocycles. The van der Waals surface area contributed by atoms with E-state index < -0.39 is 3.61 Å². The molecule has 1 N–H and O–H groups in total. The van der Waals surface area contributed by atoms with Crippen LogP contribution in [0.1, 0.15) is 18.1 Å². The minimum absolute atomic E-state index is 0.727. The van der Waals surface area contributed by atoms with Gasteiger partial charge in [-0.1, -0.05) is 11.6 Å². The van der Waals surface area contributed by atoms with Crippen molar-refractivity contribution in [2.45, 2.75) is 17.5 Å². The Hall–Kier alpha value is -0.290. The van der Waals surface area contributed by atoms with Crippen LogP contribution in [0.2, 0.25) is 0 Å². The van der Waals surface area contributed by atoms with Crippen molar-refractivity contribution in [1.29, 1.82) is 0 Å². The van der Waals surface area contributed by atoms with Crippen LogP contribution in [-0.2, 0) is 3.61 Å². The van der Waals surface area contributed by atoms with Crippen LogP contribution < -0.4 is 4.74 Å². The molecular weight excluding hydrogens is 279 g/mol. The molecule has 0 saturated heterocycles. The minimum atomic E-state index is -0.880. The van der Waals surface area contributed by atoms with Gasteiger partial charge >= 0.3 is 0 Å². The lowest BCUT2D eigenvalue weighted by Crippen LogP contribution is -2.12. The number of ether oxygens (including phenoxy) is 1. The molecule has 1 rings (SSSR count). The second kappa shape index (κ2) is 3.84. The van der Waals surface area contributed by atoms with Crippen molar-refractivity contribution in [2.24, 2.45) is 0 Å². The lowest BCUT2D eigenvalue weighted by Gasteiger charge is -2.19. The number of rotatable bonds is 2. The Bertz CT molecular complexity index is 302. The van der Waals surface area contributed by atoms with E-state index in [9.17, 15) is 5.11 Å². The SMILES string of the molecule is COc1ccc(C)cc1C(C)(O)I. The summed E-state index contributed by atoms with van der Waals surface area (Å²) in [5, 5.41) is 9.83. The van der Waals surface area contributed by atoms with Gasteiger partial charge in [0, 0.05) is 5.56 Å². The highest BCUT2D eigenvalue weighted by Gasteiger charge is 2.22. The number of benzene rings is 1. The van der Waals surface area contributed by atoms with E-state index in [4.69, 9.17) is 4.74 Å². The summed E-state index contributed by atoms with van der Waals surface area (Å²) in [6, 6.07) is 5.77. The van der Waals surface area contributed by atoms with Gasteiger partial charge in [-0.3, -0.25) is 0 Å².